The van der Waals surface area contributed by atoms with Crippen molar-refractivity contribution in [2.45, 2.75) is 0 Å². The second kappa shape index (κ2) is 1610. The van der Waals surface area contributed by atoms with Crippen molar-refractivity contribution in [2.75, 3.05) is 0 Å². The van der Waals surface area contributed by atoms with Gasteiger partial charge in [-0.1, -0.05) is 0 Å². The summed E-state index contributed by atoms with van der Waals surface area (Å²) in [6.45, 7) is 0. The predicted molar refractivity (Wildman–Crippen MR) is 44.1 cm³/mol. The molecule has 12 heavy (non-hydrogen) atoms. The van der Waals surface area contributed by atoms with Gasteiger partial charge in [-0.15, -0.1) is 24.8 Å². The summed E-state index contributed by atoms with van der Waals surface area (Å²) in [4.78, 5) is 0. The SMILES string of the molecule is Cl.Cl.O.O.O.O.O.O.O.O.[O]=[Zr]. The molecule has 0 aromatic rings. The van der Waals surface area contributed by atoms with Gasteiger partial charge in [-0.2, -0.15) is 0 Å². The number of hydrogen-bond acceptors (Lipinski definition) is 1. The molecule has 0 aromatic heterocycles. The zero-order valence-corrected chi connectivity index (χ0v) is 9.82. The number of rotatable bonds is 0. The minimum atomic E-state index is 0. The molecule has 0 fully saturated rings. The van der Waals surface area contributed by atoms with Crippen LogP contribution in [-0.4, -0.2) is 43.8 Å². The maximum atomic E-state index is 8.34. The summed E-state index contributed by atoms with van der Waals surface area (Å²) in [6, 6.07) is 0. The van der Waals surface area contributed by atoms with Gasteiger partial charge in [0, 0.05) is 0 Å². The third-order valence-electron chi connectivity index (χ3n) is 0. The average Bonchev–Trinajstić information content (AvgIpc) is 1.00. The Balaban J connectivity index is -0.000000000111. The van der Waals surface area contributed by atoms with Gasteiger partial charge >= 0.3 is 27.5 Å². The molecule has 0 spiro atoms. The topological polar surface area (TPSA) is 269 Å². The molecule has 0 heterocycles. The van der Waals surface area contributed by atoms with E-state index in [9.17, 15) is 0 Å². The molecular weight excluding hydrogens is 306 g/mol. The van der Waals surface area contributed by atoms with Crippen molar-refractivity contribution in [1.82, 2.24) is 0 Å². The van der Waals surface area contributed by atoms with E-state index in [2.05, 4.69) is 0 Å². The van der Waals surface area contributed by atoms with E-state index < -0.39 is 0 Å². The second-order valence-corrected chi connectivity index (χ2v) is 0. The van der Waals surface area contributed by atoms with Crippen molar-refractivity contribution in [3.05, 3.63) is 0 Å². The zero-order valence-electron chi connectivity index (χ0n) is 5.72. The van der Waals surface area contributed by atoms with Gasteiger partial charge in [-0.05, 0) is 0 Å². The molecule has 0 aliphatic heterocycles. The number of hydrogen-bond donors (Lipinski definition) is 0. The van der Waals surface area contributed by atoms with Gasteiger partial charge in [0.1, 0.15) is 0 Å². The van der Waals surface area contributed by atoms with Crippen LogP contribution >= 0.6 is 24.8 Å². The van der Waals surface area contributed by atoms with Crippen LogP contribution in [0.5, 0.6) is 0 Å². The summed E-state index contributed by atoms with van der Waals surface area (Å²) >= 11 is 0.300. The summed E-state index contributed by atoms with van der Waals surface area (Å²) in [6.07, 6.45) is 0. The normalized spacial score (nSPS) is 0.250. The quantitative estimate of drug-likeness (QED) is 0.413. The van der Waals surface area contributed by atoms with Gasteiger partial charge in [-0.25, -0.2) is 0 Å². The van der Waals surface area contributed by atoms with Gasteiger partial charge in [-0.3, -0.25) is 0 Å². The monoisotopic (exact) mass is 322 g/mol. The summed E-state index contributed by atoms with van der Waals surface area (Å²) in [5, 5.41) is 0. The van der Waals surface area contributed by atoms with Crippen molar-refractivity contribution in [3.8, 4) is 0 Å². The standard InChI is InChI=1S/2ClH.8H2O.O.Zr/h2*1H;8*1H2;;. The average molecular weight is 324 g/mol. The molecule has 0 saturated carbocycles. The van der Waals surface area contributed by atoms with E-state index in [0.29, 0.717) is 24.7 Å². The Bertz CT molecular complexity index is 12.5. The van der Waals surface area contributed by atoms with Crippen LogP contribution in [0.4, 0.5) is 0 Å². The molecule has 16 N–H and O–H groups in total. The Labute approximate surface area is 96.1 Å². The molecule has 90 valence electrons. The Morgan fingerprint density at radius 2 is 0.417 bits per heavy atom. The van der Waals surface area contributed by atoms with E-state index in [0.717, 1.165) is 0 Å². The van der Waals surface area contributed by atoms with E-state index in [1.807, 2.05) is 0 Å². The first kappa shape index (κ1) is 489. The van der Waals surface area contributed by atoms with Gasteiger partial charge in [0.25, 0.3) is 0 Å². The van der Waals surface area contributed by atoms with Crippen LogP contribution in [0.15, 0.2) is 0 Å². The van der Waals surface area contributed by atoms with Gasteiger partial charge in [0.15, 0.2) is 0 Å². The first-order valence-electron chi connectivity index (χ1n) is 0.204. The minimum absolute atomic E-state index is 0. The van der Waals surface area contributed by atoms with Crippen molar-refractivity contribution in [3.63, 3.8) is 0 Å². The van der Waals surface area contributed by atoms with Crippen molar-refractivity contribution in [1.29, 1.82) is 0 Å². The van der Waals surface area contributed by atoms with Crippen molar-refractivity contribution >= 4 is 24.8 Å². The molecule has 0 aliphatic carbocycles. The third kappa shape index (κ3) is 1220. The van der Waals surface area contributed by atoms with E-state index in [1.54, 1.807) is 0 Å². The molecular formula is H18Cl2O9Zr. The summed E-state index contributed by atoms with van der Waals surface area (Å²) < 4.78 is 8.34. The van der Waals surface area contributed by atoms with Crippen LogP contribution in [0, 0.1) is 0 Å². The molecule has 0 aromatic carbocycles. The van der Waals surface area contributed by atoms with Crippen LogP contribution in [0.3, 0.4) is 0 Å². The Morgan fingerprint density at radius 3 is 0.417 bits per heavy atom. The molecule has 0 radical (unpaired) electrons. The molecule has 0 saturated heterocycles. The van der Waals surface area contributed by atoms with Crippen LogP contribution < -0.4 is 0 Å². The molecule has 0 rings (SSSR count). The summed E-state index contributed by atoms with van der Waals surface area (Å²) in [7, 11) is 0. The van der Waals surface area contributed by atoms with Gasteiger partial charge in [0.2, 0.25) is 0 Å². The van der Waals surface area contributed by atoms with E-state index in [1.165, 1.54) is 0 Å². The molecule has 12 heteroatoms. The summed E-state index contributed by atoms with van der Waals surface area (Å²) in [5.41, 5.74) is 0. The fourth-order valence-corrected chi connectivity index (χ4v) is 0. The first-order chi connectivity index (χ1) is 1.00. The van der Waals surface area contributed by atoms with Crippen LogP contribution in [0.25, 0.3) is 0 Å². The van der Waals surface area contributed by atoms with Gasteiger partial charge < -0.3 is 43.8 Å². The van der Waals surface area contributed by atoms with Crippen LogP contribution in [0.2, 0.25) is 0 Å². The van der Waals surface area contributed by atoms with Crippen LogP contribution in [0.1, 0.15) is 0 Å². The fraction of sp³-hybridized carbons (Fsp3) is 0. The van der Waals surface area contributed by atoms with E-state index >= 15 is 0 Å². The van der Waals surface area contributed by atoms with E-state index in [-0.39, 0.29) is 68.6 Å². The van der Waals surface area contributed by atoms with Crippen molar-refractivity contribution < 1.29 is 71.3 Å². The molecule has 0 aliphatic rings. The van der Waals surface area contributed by atoms with Gasteiger partial charge in [0.05, 0.1) is 0 Å². The summed E-state index contributed by atoms with van der Waals surface area (Å²) in [5.74, 6) is 0. The Kier molecular flexibility index (Phi) is 65500. The molecule has 0 amide bonds. The molecule has 0 atom stereocenters. The Hall–Kier alpha value is 0.943. The first-order valence-corrected chi connectivity index (χ1v) is 1.21. The zero-order chi connectivity index (χ0) is 2.00. The molecule has 9 nitrogen and oxygen atoms in total. The third-order valence-corrected chi connectivity index (χ3v) is 0. The molecule has 0 bridgehead atoms. The Morgan fingerprint density at radius 1 is 0.417 bits per heavy atom. The van der Waals surface area contributed by atoms with Crippen LogP contribution in [-0.2, 0) is 27.5 Å². The second-order valence-electron chi connectivity index (χ2n) is 0. The fourth-order valence-electron chi connectivity index (χ4n) is 0. The molecule has 0 unspecified atom stereocenters. The van der Waals surface area contributed by atoms with E-state index in [4.69, 9.17) is 2.81 Å². The van der Waals surface area contributed by atoms with Crippen molar-refractivity contribution in [2.24, 2.45) is 0 Å². The maximum absolute atomic E-state index is 8.34. The predicted octanol–water partition coefficient (Wildman–Crippen LogP) is -5.88. The number of halogens is 2.